The van der Waals surface area contributed by atoms with E-state index in [1.807, 2.05) is 6.07 Å². The van der Waals surface area contributed by atoms with Crippen LogP contribution in [0, 0.1) is 17.2 Å². The molecule has 0 amide bonds. The van der Waals surface area contributed by atoms with E-state index in [-0.39, 0.29) is 5.56 Å². The molecule has 1 aromatic carbocycles. The molecule has 1 nitrogen and oxygen atoms in total. The van der Waals surface area contributed by atoms with Crippen molar-refractivity contribution in [2.45, 2.75) is 31.6 Å². The van der Waals surface area contributed by atoms with Gasteiger partial charge in [0.2, 0.25) is 0 Å². The van der Waals surface area contributed by atoms with E-state index in [0.29, 0.717) is 25.7 Å². The van der Waals surface area contributed by atoms with E-state index < -0.39 is 11.8 Å². The average Bonchev–Trinajstić information content (AvgIpc) is 3.11. The van der Waals surface area contributed by atoms with E-state index in [2.05, 4.69) is 0 Å². The molecular weight excluding hydrogens is 208 g/mol. The average molecular weight is 221 g/mol. The van der Waals surface area contributed by atoms with Crippen LogP contribution in [-0.4, -0.2) is 0 Å². The summed E-state index contributed by atoms with van der Waals surface area (Å²) in [5.41, 5.74) is 1.05. The van der Waals surface area contributed by atoms with Crippen LogP contribution in [0.3, 0.4) is 0 Å². The molecule has 1 aliphatic rings. The zero-order valence-corrected chi connectivity index (χ0v) is 8.92. The molecule has 1 fully saturated rings. The number of rotatable bonds is 4. The van der Waals surface area contributed by atoms with Crippen molar-refractivity contribution in [3.63, 3.8) is 0 Å². The van der Waals surface area contributed by atoms with E-state index >= 15 is 0 Å². The molecule has 84 valence electrons. The molecule has 1 aromatic rings. The van der Waals surface area contributed by atoms with Gasteiger partial charge < -0.3 is 0 Å². The number of hydrogen-bond acceptors (Lipinski definition) is 1. The molecule has 1 saturated carbocycles. The smallest absolute Gasteiger partial charge is 0.201 e. The van der Waals surface area contributed by atoms with Crippen molar-refractivity contribution >= 4 is 0 Å². The van der Waals surface area contributed by atoms with E-state index in [1.54, 1.807) is 12.1 Å². The van der Waals surface area contributed by atoms with Gasteiger partial charge in [-0.15, -0.1) is 0 Å². The molecular formula is C13H13F2N. The molecule has 3 heteroatoms. The molecule has 0 spiro atoms. The van der Waals surface area contributed by atoms with Gasteiger partial charge in [0.05, 0.1) is 6.07 Å². The van der Waals surface area contributed by atoms with Gasteiger partial charge >= 0.3 is 0 Å². The lowest BCUT2D eigenvalue weighted by Gasteiger charge is -2.16. The summed E-state index contributed by atoms with van der Waals surface area (Å²) >= 11 is 0. The van der Waals surface area contributed by atoms with Crippen molar-refractivity contribution in [2.75, 3.05) is 0 Å². The third kappa shape index (κ3) is 2.21. The first-order chi connectivity index (χ1) is 7.64. The summed E-state index contributed by atoms with van der Waals surface area (Å²) in [4.78, 5) is 0. The number of halogens is 2. The number of aryl methyl sites for hydroxylation is 1. The van der Waals surface area contributed by atoms with Gasteiger partial charge in [-0.1, -0.05) is 24.3 Å². The van der Waals surface area contributed by atoms with Gasteiger partial charge in [-0.05, 0) is 24.8 Å². The number of nitriles is 1. The van der Waals surface area contributed by atoms with Gasteiger partial charge in [0, 0.05) is 17.9 Å². The monoisotopic (exact) mass is 221 g/mol. The Labute approximate surface area is 93.7 Å². The van der Waals surface area contributed by atoms with Crippen molar-refractivity contribution < 1.29 is 8.78 Å². The molecule has 0 radical (unpaired) electrons. The first-order valence-electron chi connectivity index (χ1n) is 5.49. The first-order valence-corrected chi connectivity index (χ1v) is 5.49. The standard InChI is InChI=1S/C13H13F2N/c14-13(15,12-7-8-12)11-5-3-10(4-6-11)2-1-9-16/h3-6,12H,1-2,7-8H2. The van der Waals surface area contributed by atoms with Crippen molar-refractivity contribution in [3.8, 4) is 6.07 Å². The van der Waals surface area contributed by atoms with Crippen LogP contribution in [0.5, 0.6) is 0 Å². The molecule has 0 N–H and O–H groups in total. The third-order valence-electron chi connectivity index (χ3n) is 2.95. The third-order valence-corrected chi connectivity index (χ3v) is 2.95. The summed E-state index contributed by atoms with van der Waals surface area (Å²) in [6.45, 7) is 0. The second-order valence-corrected chi connectivity index (χ2v) is 4.25. The zero-order valence-electron chi connectivity index (χ0n) is 8.92. The highest BCUT2D eigenvalue weighted by Gasteiger charge is 2.47. The SMILES string of the molecule is N#CCCc1ccc(C(F)(F)C2CC2)cc1. The van der Waals surface area contributed by atoms with Gasteiger partial charge in [0.25, 0.3) is 5.92 Å². The second kappa shape index (κ2) is 4.21. The summed E-state index contributed by atoms with van der Waals surface area (Å²) in [6, 6.07) is 8.42. The minimum Gasteiger partial charge on any atom is -0.201 e. The van der Waals surface area contributed by atoms with E-state index in [1.165, 1.54) is 12.1 Å². The number of hydrogen-bond donors (Lipinski definition) is 0. The normalized spacial score (nSPS) is 15.8. The number of benzene rings is 1. The van der Waals surface area contributed by atoms with Crippen LogP contribution in [0.1, 0.15) is 30.4 Å². The van der Waals surface area contributed by atoms with Crippen molar-refractivity contribution in [2.24, 2.45) is 5.92 Å². The lowest BCUT2D eigenvalue weighted by molar-refractivity contribution is -0.0285. The Balaban J connectivity index is 2.10. The number of alkyl halides is 2. The minimum atomic E-state index is -2.67. The fourth-order valence-corrected chi connectivity index (χ4v) is 1.78. The maximum absolute atomic E-state index is 13.7. The number of nitrogens with zero attached hydrogens (tertiary/aromatic N) is 1. The zero-order chi connectivity index (χ0) is 11.6. The summed E-state index contributed by atoms with van der Waals surface area (Å²) in [5, 5.41) is 8.42. The van der Waals surface area contributed by atoms with Crippen LogP contribution >= 0.6 is 0 Å². The predicted molar refractivity (Wildman–Crippen MR) is 57.0 cm³/mol. The Morgan fingerprint density at radius 1 is 1.25 bits per heavy atom. The Morgan fingerprint density at radius 3 is 2.38 bits per heavy atom. The first kappa shape index (κ1) is 11.1. The molecule has 1 aliphatic carbocycles. The van der Waals surface area contributed by atoms with Crippen molar-refractivity contribution in [1.82, 2.24) is 0 Å². The highest BCUT2D eigenvalue weighted by atomic mass is 19.3. The van der Waals surface area contributed by atoms with Gasteiger partial charge in [-0.2, -0.15) is 5.26 Å². The Morgan fingerprint density at radius 2 is 1.88 bits per heavy atom. The molecule has 0 heterocycles. The second-order valence-electron chi connectivity index (χ2n) is 4.25. The topological polar surface area (TPSA) is 23.8 Å². The molecule has 0 atom stereocenters. The minimum absolute atomic E-state index is 0.107. The highest BCUT2D eigenvalue weighted by molar-refractivity contribution is 5.27. The Hall–Kier alpha value is -1.43. The molecule has 0 aliphatic heterocycles. The molecule has 0 unspecified atom stereocenters. The summed E-state index contributed by atoms with van der Waals surface area (Å²) in [5.74, 6) is -3.13. The van der Waals surface area contributed by atoms with Gasteiger partial charge in [-0.3, -0.25) is 0 Å². The lowest BCUT2D eigenvalue weighted by Crippen LogP contribution is -2.15. The van der Waals surface area contributed by atoms with Crippen LogP contribution in [0.25, 0.3) is 0 Å². The maximum Gasteiger partial charge on any atom is 0.276 e. The Kier molecular flexibility index (Phi) is 2.91. The van der Waals surface area contributed by atoms with Gasteiger partial charge in [0.1, 0.15) is 0 Å². The maximum atomic E-state index is 13.7. The van der Waals surface area contributed by atoms with Gasteiger partial charge in [-0.25, -0.2) is 8.78 Å². The lowest BCUT2D eigenvalue weighted by atomic mass is 10.0. The quantitative estimate of drug-likeness (QED) is 0.761. The molecule has 0 bridgehead atoms. The van der Waals surface area contributed by atoms with Crippen LogP contribution in [0.4, 0.5) is 8.78 Å². The van der Waals surface area contributed by atoms with E-state index in [9.17, 15) is 8.78 Å². The summed E-state index contributed by atoms with van der Waals surface area (Å²) in [7, 11) is 0. The van der Waals surface area contributed by atoms with Crippen molar-refractivity contribution in [3.05, 3.63) is 35.4 Å². The highest BCUT2D eigenvalue weighted by Crippen LogP contribution is 2.49. The molecule has 2 rings (SSSR count). The van der Waals surface area contributed by atoms with Crippen LogP contribution in [0.2, 0.25) is 0 Å². The summed E-state index contributed by atoms with van der Waals surface area (Å²) in [6.07, 6.45) is 2.32. The molecule has 0 saturated heterocycles. The van der Waals surface area contributed by atoms with Crippen LogP contribution in [0.15, 0.2) is 24.3 Å². The van der Waals surface area contributed by atoms with E-state index in [4.69, 9.17) is 5.26 Å². The van der Waals surface area contributed by atoms with Crippen molar-refractivity contribution in [1.29, 1.82) is 5.26 Å². The predicted octanol–water partition coefficient (Wildman–Crippen LogP) is 3.64. The summed E-state index contributed by atoms with van der Waals surface area (Å²) < 4.78 is 27.3. The molecule has 16 heavy (non-hydrogen) atoms. The van der Waals surface area contributed by atoms with Gasteiger partial charge in [0.15, 0.2) is 0 Å². The van der Waals surface area contributed by atoms with Crippen LogP contribution in [-0.2, 0) is 12.3 Å². The Bertz CT molecular complexity index is 399. The fraction of sp³-hybridized carbons (Fsp3) is 0.462. The van der Waals surface area contributed by atoms with E-state index in [0.717, 1.165) is 5.56 Å². The molecule has 0 aromatic heterocycles. The largest absolute Gasteiger partial charge is 0.276 e. The fourth-order valence-electron chi connectivity index (χ4n) is 1.78. The van der Waals surface area contributed by atoms with Crippen LogP contribution < -0.4 is 0 Å².